The van der Waals surface area contributed by atoms with Gasteiger partial charge in [-0.25, -0.2) is 21.6 Å². The zero-order chi connectivity index (χ0) is 23.5. The number of hydrogen-bond donors (Lipinski definition) is 2. The molecule has 0 bridgehead atoms. The number of nitrogens with one attached hydrogen (secondary N) is 2. The number of anilines is 1. The van der Waals surface area contributed by atoms with Gasteiger partial charge in [0.1, 0.15) is 5.75 Å². The van der Waals surface area contributed by atoms with Crippen LogP contribution in [0.3, 0.4) is 0 Å². The summed E-state index contributed by atoms with van der Waals surface area (Å²) in [5.41, 5.74) is 1.15. The molecule has 1 aliphatic rings. The molecule has 0 aromatic heterocycles. The summed E-state index contributed by atoms with van der Waals surface area (Å²) in [6, 6.07) is 10.7. The normalized spacial score (nSPS) is 16.0. The van der Waals surface area contributed by atoms with Crippen LogP contribution in [0.2, 0.25) is 0 Å². The summed E-state index contributed by atoms with van der Waals surface area (Å²) < 4.78 is 58.5. The number of carbonyl (C=O) groups excluding carboxylic acids is 1. The predicted octanol–water partition coefficient (Wildman–Crippen LogP) is 1.95. The molecule has 3 rings (SSSR count). The average molecular weight is 482 g/mol. The van der Waals surface area contributed by atoms with Crippen LogP contribution in [-0.2, 0) is 24.8 Å². The molecule has 0 spiro atoms. The summed E-state index contributed by atoms with van der Waals surface area (Å²) in [4.78, 5) is 13.0. The molecule has 0 atom stereocenters. The van der Waals surface area contributed by atoms with E-state index in [2.05, 4.69) is 10.0 Å². The number of hydrogen-bond acceptors (Lipinski definition) is 6. The van der Waals surface area contributed by atoms with Gasteiger partial charge in [-0.15, -0.1) is 0 Å². The first kappa shape index (κ1) is 24.2. The molecule has 9 nitrogen and oxygen atoms in total. The molecular formula is C21H27N3O6S2. The maximum Gasteiger partial charge on any atom is 0.243 e. The minimum absolute atomic E-state index is 0.0568. The van der Waals surface area contributed by atoms with Crippen molar-refractivity contribution in [3.8, 4) is 5.75 Å². The van der Waals surface area contributed by atoms with Crippen molar-refractivity contribution in [1.82, 2.24) is 9.03 Å². The number of aryl methyl sites for hydroxylation is 1. The molecule has 2 aromatic carbocycles. The first-order valence-corrected chi connectivity index (χ1v) is 13.0. The number of carbonyl (C=O) groups is 1. The van der Waals surface area contributed by atoms with Gasteiger partial charge in [0.25, 0.3) is 0 Å². The van der Waals surface area contributed by atoms with E-state index in [1.807, 2.05) is 0 Å². The Labute approximate surface area is 188 Å². The summed E-state index contributed by atoms with van der Waals surface area (Å²) in [7, 11) is -4.46. The first-order chi connectivity index (χ1) is 15.1. The Hall–Kier alpha value is -2.47. The molecule has 0 unspecified atom stereocenters. The molecule has 0 saturated carbocycles. The second-order valence-corrected chi connectivity index (χ2v) is 11.4. The molecule has 1 fully saturated rings. The van der Waals surface area contributed by atoms with Gasteiger partial charge in [-0.2, -0.15) is 4.31 Å². The van der Waals surface area contributed by atoms with Gasteiger partial charge in [-0.05, 0) is 68.8 Å². The quantitative estimate of drug-likeness (QED) is 0.623. The summed E-state index contributed by atoms with van der Waals surface area (Å²) in [6.45, 7) is 2.22. The Balaban J connectivity index is 1.66. The van der Waals surface area contributed by atoms with Gasteiger partial charge >= 0.3 is 0 Å². The lowest BCUT2D eigenvalue weighted by Gasteiger charge is -2.30. The number of rotatable bonds is 7. The third kappa shape index (κ3) is 5.12. The van der Waals surface area contributed by atoms with Crippen LogP contribution in [0.1, 0.15) is 18.4 Å². The number of methoxy groups -OCH3 is 1. The molecule has 1 amide bonds. The van der Waals surface area contributed by atoms with Crippen molar-refractivity contribution in [2.45, 2.75) is 29.6 Å². The molecule has 2 N–H and O–H groups in total. The number of piperidine rings is 1. The smallest absolute Gasteiger partial charge is 0.243 e. The Morgan fingerprint density at radius 1 is 1.00 bits per heavy atom. The van der Waals surface area contributed by atoms with E-state index in [1.54, 1.807) is 25.1 Å². The molecule has 0 aliphatic carbocycles. The van der Waals surface area contributed by atoms with Crippen molar-refractivity contribution in [2.24, 2.45) is 5.92 Å². The minimum Gasteiger partial charge on any atom is -0.497 e. The lowest BCUT2D eigenvalue weighted by Crippen LogP contribution is -2.41. The predicted molar refractivity (Wildman–Crippen MR) is 121 cm³/mol. The Morgan fingerprint density at radius 2 is 1.59 bits per heavy atom. The molecule has 2 aromatic rings. The summed E-state index contributed by atoms with van der Waals surface area (Å²) in [5, 5.41) is 2.80. The molecule has 1 heterocycles. The minimum atomic E-state index is -3.65. The molecule has 1 aliphatic heterocycles. The number of sulfonamides is 2. The van der Waals surface area contributed by atoms with E-state index in [0.29, 0.717) is 24.3 Å². The highest BCUT2D eigenvalue weighted by molar-refractivity contribution is 7.89. The molecular weight excluding hydrogens is 454 g/mol. The second-order valence-electron chi connectivity index (χ2n) is 7.53. The Kier molecular flexibility index (Phi) is 7.23. The van der Waals surface area contributed by atoms with Gasteiger partial charge in [0.05, 0.1) is 16.9 Å². The van der Waals surface area contributed by atoms with Crippen LogP contribution < -0.4 is 14.8 Å². The summed E-state index contributed by atoms with van der Waals surface area (Å²) in [6.07, 6.45) is 0.740. The Morgan fingerprint density at radius 3 is 2.16 bits per heavy atom. The fourth-order valence-electron chi connectivity index (χ4n) is 3.51. The molecule has 32 heavy (non-hydrogen) atoms. The highest BCUT2D eigenvalue weighted by Crippen LogP contribution is 2.27. The first-order valence-electron chi connectivity index (χ1n) is 10.1. The third-order valence-corrected chi connectivity index (χ3v) is 8.89. The zero-order valence-corrected chi connectivity index (χ0v) is 19.8. The summed E-state index contributed by atoms with van der Waals surface area (Å²) >= 11 is 0. The van der Waals surface area contributed by atoms with Crippen LogP contribution >= 0.6 is 0 Å². The van der Waals surface area contributed by atoms with Crippen molar-refractivity contribution in [3.05, 3.63) is 48.0 Å². The number of amides is 1. The van der Waals surface area contributed by atoms with E-state index in [0.717, 1.165) is 5.56 Å². The van der Waals surface area contributed by atoms with E-state index >= 15 is 0 Å². The molecule has 1 saturated heterocycles. The van der Waals surface area contributed by atoms with Crippen molar-refractivity contribution in [1.29, 1.82) is 0 Å². The SMILES string of the molecule is CNS(=O)(=O)c1ccc(C)c(NC(=O)C2CCN(S(=O)(=O)c3ccc(OC)cc3)CC2)c1. The number of nitrogens with zero attached hydrogens (tertiary/aromatic N) is 1. The highest BCUT2D eigenvalue weighted by atomic mass is 32.2. The summed E-state index contributed by atoms with van der Waals surface area (Å²) in [5.74, 6) is -0.0592. The van der Waals surface area contributed by atoms with Gasteiger partial charge in [0, 0.05) is 24.7 Å². The van der Waals surface area contributed by atoms with Gasteiger partial charge in [-0.3, -0.25) is 4.79 Å². The second kappa shape index (κ2) is 9.57. The van der Waals surface area contributed by atoms with E-state index in [9.17, 15) is 21.6 Å². The van der Waals surface area contributed by atoms with Crippen LogP contribution in [0.5, 0.6) is 5.75 Å². The fraction of sp³-hybridized carbons (Fsp3) is 0.381. The van der Waals surface area contributed by atoms with E-state index in [-0.39, 0.29) is 34.7 Å². The monoisotopic (exact) mass is 481 g/mol. The van der Waals surface area contributed by atoms with Gasteiger partial charge in [-0.1, -0.05) is 6.07 Å². The van der Waals surface area contributed by atoms with Crippen molar-refractivity contribution in [3.63, 3.8) is 0 Å². The van der Waals surface area contributed by atoms with Gasteiger partial charge in [0.2, 0.25) is 26.0 Å². The van der Waals surface area contributed by atoms with E-state index in [1.165, 1.54) is 42.7 Å². The maximum absolute atomic E-state index is 12.9. The van der Waals surface area contributed by atoms with Gasteiger partial charge < -0.3 is 10.1 Å². The number of benzene rings is 2. The maximum atomic E-state index is 12.9. The van der Waals surface area contributed by atoms with Crippen molar-refractivity contribution >= 4 is 31.6 Å². The van der Waals surface area contributed by atoms with Crippen molar-refractivity contribution < 1.29 is 26.4 Å². The zero-order valence-electron chi connectivity index (χ0n) is 18.2. The molecule has 11 heteroatoms. The van der Waals surface area contributed by atoms with E-state index < -0.39 is 20.0 Å². The van der Waals surface area contributed by atoms with Crippen LogP contribution in [0.4, 0.5) is 5.69 Å². The third-order valence-electron chi connectivity index (χ3n) is 5.57. The van der Waals surface area contributed by atoms with Gasteiger partial charge in [0.15, 0.2) is 0 Å². The topological polar surface area (TPSA) is 122 Å². The fourth-order valence-corrected chi connectivity index (χ4v) is 5.74. The lowest BCUT2D eigenvalue weighted by atomic mass is 9.97. The van der Waals surface area contributed by atoms with E-state index in [4.69, 9.17) is 4.74 Å². The lowest BCUT2D eigenvalue weighted by molar-refractivity contribution is -0.120. The Bertz CT molecular complexity index is 1190. The highest BCUT2D eigenvalue weighted by Gasteiger charge is 2.32. The average Bonchev–Trinajstić information content (AvgIpc) is 2.80. The molecule has 174 valence electrons. The van der Waals surface area contributed by atoms with Crippen LogP contribution in [-0.4, -0.2) is 54.3 Å². The van der Waals surface area contributed by atoms with Crippen molar-refractivity contribution in [2.75, 3.05) is 32.6 Å². The molecule has 0 radical (unpaired) electrons. The standard InChI is InChI=1S/C21H27N3O6S2/c1-15-4-7-19(31(26,27)22-2)14-20(15)23-21(25)16-10-12-24(13-11-16)32(28,29)18-8-5-17(30-3)6-9-18/h4-9,14,16,22H,10-13H2,1-3H3,(H,23,25). The largest absolute Gasteiger partial charge is 0.497 e. The van der Waals surface area contributed by atoms with Crippen LogP contribution in [0.15, 0.2) is 52.3 Å². The van der Waals surface area contributed by atoms with Crippen LogP contribution in [0, 0.1) is 12.8 Å². The van der Waals surface area contributed by atoms with Crippen LogP contribution in [0.25, 0.3) is 0 Å². The number of ether oxygens (including phenoxy) is 1.